The second-order valence-corrected chi connectivity index (χ2v) is 7.94. The van der Waals surface area contributed by atoms with E-state index >= 15 is 0 Å². The Bertz CT molecular complexity index is 1190. The summed E-state index contributed by atoms with van der Waals surface area (Å²) in [6, 6.07) is 17.0. The van der Waals surface area contributed by atoms with Crippen molar-refractivity contribution in [2.24, 2.45) is 4.99 Å². The Hall–Kier alpha value is -3.78. The van der Waals surface area contributed by atoms with Crippen molar-refractivity contribution in [2.75, 3.05) is 7.05 Å². The number of rotatable bonds is 6. The molecule has 0 aliphatic carbocycles. The molecule has 1 aromatic heterocycles. The number of aromatic nitrogens is 4. The van der Waals surface area contributed by atoms with Crippen LogP contribution in [0.2, 0.25) is 0 Å². The van der Waals surface area contributed by atoms with Crippen molar-refractivity contribution in [3.8, 4) is 22.5 Å². The maximum atomic E-state index is 4.92. The van der Waals surface area contributed by atoms with Crippen LogP contribution >= 0.6 is 0 Å². The van der Waals surface area contributed by atoms with E-state index in [2.05, 4.69) is 87.5 Å². The standard InChI is InChI=1S/C24H26N8/c1-4-21-22(32-23(26-21)13-16(2)15-31(32)25-3)14-17-9-11-18(12-10-17)19-7-5-6-8-20(19)24-27-29-30-28-24/h5-13,15,22,25H,4,14H2,1-3H3,(H,27,28,29,30). The number of fused-ring (bicyclic) bond motifs is 1. The molecule has 8 nitrogen and oxygen atoms in total. The Morgan fingerprint density at radius 2 is 1.84 bits per heavy atom. The number of tetrazole rings is 1. The molecule has 1 atom stereocenters. The van der Waals surface area contributed by atoms with Gasteiger partial charge in [0.05, 0.1) is 6.04 Å². The second kappa shape index (κ2) is 8.39. The molecule has 2 aliphatic heterocycles. The minimum Gasteiger partial charge on any atom is -0.245 e. The first-order chi connectivity index (χ1) is 15.7. The number of allylic oxidation sites excluding steroid dienone is 2. The van der Waals surface area contributed by atoms with Crippen molar-refractivity contribution < 1.29 is 0 Å². The summed E-state index contributed by atoms with van der Waals surface area (Å²) in [5.41, 5.74) is 10.1. The summed E-state index contributed by atoms with van der Waals surface area (Å²) in [6.45, 7) is 4.26. The predicted molar refractivity (Wildman–Crippen MR) is 125 cm³/mol. The van der Waals surface area contributed by atoms with E-state index in [-0.39, 0.29) is 6.04 Å². The van der Waals surface area contributed by atoms with E-state index < -0.39 is 0 Å². The van der Waals surface area contributed by atoms with Gasteiger partial charge < -0.3 is 0 Å². The van der Waals surface area contributed by atoms with Crippen LogP contribution < -0.4 is 5.43 Å². The first-order valence-electron chi connectivity index (χ1n) is 10.8. The Balaban J connectivity index is 1.41. The highest BCUT2D eigenvalue weighted by atomic mass is 15.8. The van der Waals surface area contributed by atoms with Crippen LogP contribution in [0.3, 0.4) is 0 Å². The highest BCUT2D eigenvalue weighted by Crippen LogP contribution is 2.32. The third kappa shape index (κ3) is 3.58. The number of H-pyrrole nitrogens is 1. The van der Waals surface area contributed by atoms with Crippen molar-refractivity contribution in [3.63, 3.8) is 0 Å². The minimum absolute atomic E-state index is 0.181. The summed E-state index contributed by atoms with van der Waals surface area (Å²) >= 11 is 0. The van der Waals surface area contributed by atoms with Gasteiger partial charge in [-0.25, -0.2) is 20.5 Å². The molecular weight excluding hydrogens is 400 g/mol. The van der Waals surface area contributed by atoms with E-state index in [1.807, 2.05) is 30.4 Å². The summed E-state index contributed by atoms with van der Waals surface area (Å²) in [4.78, 5) is 4.92. The van der Waals surface area contributed by atoms with Crippen molar-refractivity contribution in [1.29, 1.82) is 0 Å². The molecule has 162 valence electrons. The summed E-state index contributed by atoms with van der Waals surface area (Å²) in [6.07, 6.45) is 6.04. The second-order valence-electron chi connectivity index (χ2n) is 7.94. The Labute approximate surface area is 187 Å². The third-order valence-electron chi connectivity index (χ3n) is 5.89. The lowest BCUT2D eigenvalue weighted by molar-refractivity contribution is 0.00268. The van der Waals surface area contributed by atoms with Crippen molar-refractivity contribution >= 4 is 5.71 Å². The monoisotopic (exact) mass is 426 g/mol. The van der Waals surface area contributed by atoms with Crippen LogP contribution in [0.15, 0.2) is 77.2 Å². The molecule has 2 aromatic carbocycles. The first kappa shape index (κ1) is 20.1. The molecule has 3 aromatic rings. The van der Waals surface area contributed by atoms with E-state index in [1.54, 1.807) is 0 Å². The van der Waals surface area contributed by atoms with Gasteiger partial charge >= 0.3 is 0 Å². The predicted octanol–water partition coefficient (Wildman–Crippen LogP) is 3.72. The van der Waals surface area contributed by atoms with Crippen LogP contribution in [0.5, 0.6) is 0 Å². The minimum atomic E-state index is 0.181. The lowest BCUT2D eigenvalue weighted by Crippen LogP contribution is -2.51. The number of nitrogens with zero attached hydrogens (tertiary/aromatic N) is 6. The zero-order valence-corrected chi connectivity index (χ0v) is 18.4. The largest absolute Gasteiger partial charge is 0.245 e. The zero-order chi connectivity index (χ0) is 22.1. The van der Waals surface area contributed by atoms with Gasteiger partial charge in [-0.2, -0.15) is 5.21 Å². The average Bonchev–Trinajstić information content (AvgIpc) is 3.47. The molecule has 0 bridgehead atoms. The Kier molecular flexibility index (Phi) is 5.28. The molecule has 0 spiro atoms. The molecule has 0 fully saturated rings. The first-order valence-corrected chi connectivity index (χ1v) is 10.8. The summed E-state index contributed by atoms with van der Waals surface area (Å²) in [5.74, 6) is 1.59. The zero-order valence-electron chi connectivity index (χ0n) is 18.4. The fraction of sp³-hybridized carbons (Fsp3) is 0.250. The van der Waals surface area contributed by atoms with Crippen molar-refractivity contribution in [2.45, 2.75) is 32.7 Å². The molecule has 0 saturated heterocycles. The lowest BCUT2D eigenvalue weighted by atomic mass is 9.95. The highest BCUT2D eigenvalue weighted by Gasteiger charge is 2.36. The number of hydrazine groups is 2. The van der Waals surface area contributed by atoms with Crippen molar-refractivity contribution in [1.82, 2.24) is 36.2 Å². The van der Waals surface area contributed by atoms with E-state index in [9.17, 15) is 0 Å². The Morgan fingerprint density at radius 3 is 2.53 bits per heavy atom. The van der Waals surface area contributed by atoms with Gasteiger partial charge in [0.25, 0.3) is 0 Å². The van der Waals surface area contributed by atoms with Crippen LogP contribution in [0.1, 0.15) is 25.8 Å². The van der Waals surface area contributed by atoms with Gasteiger partial charge in [-0.3, -0.25) is 0 Å². The van der Waals surface area contributed by atoms with Crippen molar-refractivity contribution in [3.05, 3.63) is 77.8 Å². The van der Waals surface area contributed by atoms with E-state index in [1.165, 1.54) is 16.8 Å². The van der Waals surface area contributed by atoms with Crippen LogP contribution in [-0.2, 0) is 6.42 Å². The molecule has 32 heavy (non-hydrogen) atoms. The molecule has 8 heteroatoms. The van der Waals surface area contributed by atoms with Gasteiger partial charge in [-0.1, -0.05) is 55.5 Å². The van der Waals surface area contributed by atoms with Crippen LogP contribution in [0, 0.1) is 0 Å². The number of nitrogens with one attached hydrogen (secondary N) is 2. The SMILES string of the molecule is CCC1=NC2=CC(C)=CN(NC)N2C1Cc1ccc(-c2ccccc2-c2nn[nH]n2)cc1. The molecule has 5 rings (SSSR count). The molecule has 3 heterocycles. The molecule has 2 aliphatic rings. The fourth-order valence-corrected chi connectivity index (χ4v) is 4.37. The quantitative estimate of drug-likeness (QED) is 0.625. The van der Waals surface area contributed by atoms with Gasteiger partial charge in [0.2, 0.25) is 5.82 Å². The van der Waals surface area contributed by atoms with Gasteiger partial charge in [-0.15, -0.1) is 10.2 Å². The Morgan fingerprint density at radius 1 is 1.06 bits per heavy atom. The van der Waals surface area contributed by atoms with Gasteiger partial charge in [0, 0.05) is 30.9 Å². The number of aliphatic imine (C=N–C) groups is 1. The average molecular weight is 427 g/mol. The van der Waals surface area contributed by atoms with E-state index in [4.69, 9.17) is 4.99 Å². The molecule has 0 radical (unpaired) electrons. The topological polar surface area (TPSA) is 85.3 Å². The van der Waals surface area contributed by atoms with Gasteiger partial charge in [0.1, 0.15) is 5.82 Å². The maximum Gasteiger partial charge on any atom is 0.205 e. The fourth-order valence-electron chi connectivity index (χ4n) is 4.37. The van der Waals surface area contributed by atoms with Gasteiger partial charge in [-0.05, 0) is 46.9 Å². The smallest absolute Gasteiger partial charge is 0.205 e. The lowest BCUT2D eigenvalue weighted by Gasteiger charge is -2.39. The van der Waals surface area contributed by atoms with Crippen LogP contribution in [0.25, 0.3) is 22.5 Å². The molecular formula is C24H26N8. The third-order valence-corrected chi connectivity index (χ3v) is 5.89. The normalized spacial score (nSPS) is 17.7. The number of aromatic amines is 1. The number of hydrogen-bond donors (Lipinski definition) is 2. The summed E-state index contributed by atoms with van der Waals surface area (Å²) in [5, 5.41) is 18.8. The molecule has 0 amide bonds. The summed E-state index contributed by atoms with van der Waals surface area (Å²) in [7, 11) is 1.93. The number of benzene rings is 2. The highest BCUT2D eigenvalue weighted by molar-refractivity contribution is 5.92. The molecule has 0 saturated carbocycles. The van der Waals surface area contributed by atoms with Crippen LogP contribution in [-0.4, -0.2) is 49.6 Å². The molecule has 1 unspecified atom stereocenters. The van der Waals surface area contributed by atoms with Gasteiger partial charge in [0.15, 0.2) is 0 Å². The van der Waals surface area contributed by atoms with Crippen LogP contribution in [0.4, 0.5) is 0 Å². The van der Waals surface area contributed by atoms with E-state index in [0.29, 0.717) is 5.82 Å². The number of hydrogen-bond acceptors (Lipinski definition) is 7. The summed E-state index contributed by atoms with van der Waals surface area (Å²) < 4.78 is 0. The van der Waals surface area contributed by atoms with E-state index in [0.717, 1.165) is 35.4 Å². The molecule has 2 N–H and O–H groups in total. The maximum absolute atomic E-state index is 4.92.